The highest BCUT2D eigenvalue weighted by molar-refractivity contribution is 5.97. The van der Waals surface area contributed by atoms with Gasteiger partial charge in [0.25, 0.3) is 0 Å². The zero-order chi connectivity index (χ0) is 15.2. The maximum atomic E-state index is 12.2. The monoisotopic (exact) mass is 301 g/mol. The standard InChI is InChI=1S/C17H19NO4/c1-20-13-4-2-3-12-15(13)18-14(19)11-16(12)5-7-17(8-6-16)21-9-10-22-17/h2-5,7H,6,8-11H2,1H3,(H,18,19). The highest BCUT2D eigenvalue weighted by Crippen LogP contribution is 2.49. The number of methoxy groups -OCH3 is 1. The molecular formula is C17H19NO4. The van der Waals surface area contributed by atoms with Gasteiger partial charge in [-0.1, -0.05) is 18.2 Å². The lowest BCUT2D eigenvalue weighted by Gasteiger charge is -2.42. The average molecular weight is 301 g/mol. The Labute approximate surface area is 129 Å². The molecule has 0 saturated carbocycles. The third kappa shape index (κ3) is 1.96. The Morgan fingerprint density at radius 3 is 2.68 bits per heavy atom. The van der Waals surface area contributed by atoms with Crippen molar-refractivity contribution in [3.63, 3.8) is 0 Å². The first-order valence-electron chi connectivity index (χ1n) is 7.62. The van der Waals surface area contributed by atoms with E-state index in [1.807, 2.05) is 18.2 Å². The summed E-state index contributed by atoms with van der Waals surface area (Å²) < 4.78 is 16.9. The topological polar surface area (TPSA) is 56.8 Å². The lowest BCUT2D eigenvalue weighted by Crippen LogP contribution is -2.42. The van der Waals surface area contributed by atoms with Crippen LogP contribution in [0.2, 0.25) is 0 Å². The van der Waals surface area contributed by atoms with Crippen molar-refractivity contribution in [2.45, 2.75) is 30.5 Å². The van der Waals surface area contributed by atoms with Gasteiger partial charge in [0.15, 0.2) is 5.79 Å². The molecule has 1 aromatic carbocycles. The van der Waals surface area contributed by atoms with Gasteiger partial charge in [-0.2, -0.15) is 0 Å². The Morgan fingerprint density at radius 2 is 2.00 bits per heavy atom. The highest BCUT2D eigenvalue weighted by atomic mass is 16.7. The lowest BCUT2D eigenvalue weighted by molar-refractivity contribution is -0.131. The average Bonchev–Trinajstić information content (AvgIpc) is 2.99. The molecule has 1 unspecified atom stereocenters. The van der Waals surface area contributed by atoms with Crippen LogP contribution in [0.5, 0.6) is 5.75 Å². The number of carbonyl (C=O) groups excluding carboxylic acids is 1. The van der Waals surface area contributed by atoms with E-state index >= 15 is 0 Å². The third-order valence-corrected chi connectivity index (χ3v) is 4.87. The zero-order valence-electron chi connectivity index (χ0n) is 12.6. The van der Waals surface area contributed by atoms with Crippen molar-refractivity contribution < 1.29 is 19.0 Å². The third-order valence-electron chi connectivity index (χ3n) is 4.87. The second-order valence-electron chi connectivity index (χ2n) is 6.11. The molecule has 5 heteroatoms. The van der Waals surface area contributed by atoms with Gasteiger partial charge in [-0.15, -0.1) is 0 Å². The molecule has 4 rings (SSSR count). The van der Waals surface area contributed by atoms with Crippen LogP contribution in [-0.2, 0) is 19.7 Å². The molecule has 2 spiro atoms. The minimum atomic E-state index is -0.585. The highest BCUT2D eigenvalue weighted by Gasteiger charge is 2.46. The van der Waals surface area contributed by atoms with Crippen molar-refractivity contribution in [3.8, 4) is 5.75 Å². The van der Waals surface area contributed by atoms with Gasteiger partial charge >= 0.3 is 0 Å². The zero-order valence-corrected chi connectivity index (χ0v) is 12.6. The number of amides is 1. The molecule has 0 radical (unpaired) electrons. The van der Waals surface area contributed by atoms with Gasteiger partial charge in [-0.25, -0.2) is 0 Å². The number of anilines is 1. The number of rotatable bonds is 1. The molecule has 1 saturated heterocycles. The predicted molar refractivity (Wildman–Crippen MR) is 80.9 cm³/mol. The van der Waals surface area contributed by atoms with E-state index in [1.165, 1.54) is 0 Å². The molecule has 1 N–H and O–H groups in total. The molecular weight excluding hydrogens is 282 g/mol. The van der Waals surface area contributed by atoms with E-state index in [4.69, 9.17) is 14.2 Å². The molecule has 116 valence electrons. The molecule has 2 aliphatic heterocycles. The van der Waals surface area contributed by atoms with Crippen LogP contribution in [0.25, 0.3) is 0 Å². The summed E-state index contributed by atoms with van der Waals surface area (Å²) >= 11 is 0. The molecule has 0 aromatic heterocycles. The molecule has 5 nitrogen and oxygen atoms in total. The second kappa shape index (κ2) is 4.83. The Balaban J connectivity index is 1.79. The first kappa shape index (κ1) is 13.8. The first-order chi connectivity index (χ1) is 10.7. The van der Waals surface area contributed by atoms with E-state index < -0.39 is 5.79 Å². The van der Waals surface area contributed by atoms with E-state index in [9.17, 15) is 4.79 Å². The number of nitrogens with one attached hydrogen (secondary N) is 1. The Kier molecular flexibility index (Phi) is 3.03. The number of benzene rings is 1. The summed E-state index contributed by atoms with van der Waals surface area (Å²) in [6.45, 7) is 1.25. The molecule has 1 atom stereocenters. The summed E-state index contributed by atoms with van der Waals surface area (Å²) in [7, 11) is 1.62. The summed E-state index contributed by atoms with van der Waals surface area (Å²) in [6.07, 6.45) is 6.11. The summed E-state index contributed by atoms with van der Waals surface area (Å²) in [5, 5.41) is 2.95. The van der Waals surface area contributed by atoms with Gasteiger partial charge in [0.1, 0.15) is 5.75 Å². The van der Waals surface area contributed by atoms with E-state index in [0.29, 0.717) is 25.4 Å². The Hall–Kier alpha value is -1.85. The van der Waals surface area contributed by atoms with E-state index in [0.717, 1.165) is 24.1 Å². The van der Waals surface area contributed by atoms with Gasteiger partial charge in [-0.05, 0) is 24.1 Å². The summed E-state index contributed by atoms with van der Waals surface area (Å²) in [5.74, 6) is 0.135. The van der Waals surface area contributed by atoms with Crippen molar-refractivity contribution in [2.24, 2.45) is 0 Å². The van der Waals surface area contributed by atoms with Crippen molar-refractivity contribution in [1.82, 2.24) is 0 Å². The van der Waals surface area contributed by atoms with Crippen molar-refractivity contribution in [1.29, 1.82) is 0 Å². The smallest absolute Gasteiger partial charge is 0.225 e. The van der Waals surface area contributed by atoms with Crippen LogP contribution in [0.4, 0.5) is 5.69 Å². The molecule has 1 amide bonds. The van der Waals surface area contributed by atoms with E-state index in [2.05, 4.69) is 17.5 Å². The maximum absolute atomic E-state index is 12.2. The summed E-state index contributed by atoms with van der Waals surface area (Å²) in [4.78, 5) is 12.2. The number of hydrogen-bond donors (Lipinski definition) is 1. The van der Waals surface area contributed by atoms with Crippen LogP contribution in [0.15, 0.2) is 30.4 Å². The molecule has 2 heterocycles. The van der Waals surface area contributed by atoms with E-state index in [-0.39, 0.29) is 11.3 Å². The fourth-order valence-corrected chi connectivity index (χ4v) is 3.74. The molecule has 0 bridgehead atoms. The summed E-state index contributed by atoms with van der Waals surface area (Å²) in [6, 6.07) is 5.91. The normalized spacial score (nSPS) is 28.7. The fraction of sp³-hybridized carbons (Fsp3) is 0.471. The minimum absolute atomic E-state index is 0.0193. The second-order valence-corrected chi connectivity index (χ2v) is 6.11. The van der Waals surface area contributed by atoms with Crippen molar-refractivity contribution in [3.05, 3.63) is 35.9 Å². The van der Waals surface area contributed by atoms with Crippen LogP contribution in [0, 0.1) is 0 Å². The first-order valence-corrected chi connectivity index (χ1v) is 7.62. The number of fused-ring (bicyclic) bond motifs is 2. The van der Waals surface area contributed by atoms with Gasteiger partial charge in [-0.3, -0.25) is 4.79 Å². The van der Waals surface area contributed by atoms with Gasteiger partial charge in [0, 0.05) is 18.3 Å². The quantitative estimate of drug-likeness (QED) is 0.809. The van der Waals surface area contributed by atoms with Crippen molar-refractivity contribution in [2.75, 3.05) is 25.6 Å². The van der Waals surface area contributed by atoms with Crippen LogP contribution < -0.4 is 10.1 Å². The lowest BCUT2D eigenvalue weighted by atomic mass is 9.68. The fourth-order valence-electron chi connectivity index (χ4n) is 3.74. The Bertz CT molecular complexity index is 648. The number of allylic oxidation sites excluding steroid dienone is 1. The van der Waals surface area contributed by atoms with Crippen molar-refractivity contribution >= 4 is 11.6 Å². The van der Waals surface area contributed by atoms with Crippen LogP contribution in [-0.4, -0.2) is 32.0 Å². The maximum Gasteiger partial charge on any atom is 0.225 e. The number of para-hydroxylation sites is 1. The predicted octanol–water partition coefficient (Wildman–Crippen LogP) is 2.37. The van der Waals surface area contributed by atoms with E-state index in [1.54, 1.807) is 7.11 Å². The van der Waals surface area contributed by atoms with Gasteiger partial charge < -0.3 is 19.5 Å². The largest absolute Gasteiger partial charge is 0.495 e. The number of ether oxygens (including phenoxy) is 3. The van der Waals surface area contributed by atoms with Crippen LogP contribution in [0.3, 0.4) is 0 Å². The molecule has 1 aliphatic carbocycles. The number of carbonyl (C=O) groups is 1. The van der Waals surface area contributed by atoms with Gasteiger partial charge in [0.05, 0.1) is 26.0 Å². The minimum Gasteiger partial charge on any atom is -0.495 e. The van der Waals surface area contributed by atoms with Crippen LogP contribution >= 0.6 is 0 Å². The SMILES string of the molecule is COc1cccc2c1NC(=O)CC21C=CC2(CC1)OCCO2. The Morgan fingerprint density at radius 1 is 1.18 bits per heavy atom. The van der Waals surface area contributed by atoms with Crippen LogP contribution in [0.1, 0.15) is 24.8 Å². The molecule has 3 aliphatic rings. The molecule has 1 aromatic rings. The van der Waals surface area contributed by atoms with Gasteiger partial charge in [0.2, 0.25) is 5.91 Å². The summed E-state index contributed by atoms with van der Waals surface area (Å²) in [5.41, 5.74) is 1.60. The molecule has 22 heavy (non-hydrogen) atoms. The molecule has 1 fully saturated rings. The number of hydrogen-bond acceptors (Lipinski definition) is 4.